The molecule has 0 bridgehead atoms. The first-order valence-electron chi connectivity index (χ1n) is 14.9. The van der Waals surface area contributed by atoms with Crippen LogP contribution in [0.2, 0.25) is 0 Å². The topological polar surface area (TPSA) is 78.9 Å². The van der Waals surface area contributed by atoms with Crippen LogP contribution in [0.3, 0.4) is 0 Å². The molecule has 230 valence electrons. The van der Waals surface area contributed by atoms with E-state index in [-0.39, 0.29) is 42.2 Å². The summed E-state index contributed by atoms with van der Waals surface area (Å²) in [7, 11) is 0. The van der Waals surface area contributed by atoms with E-state index in [0.29, 0.717) is 18.6 Å². The van der Waals surface area contributed by atoms with Crippen LogP contribution in [0.4, 0.5) is 13.2 Å². The van der Waals surface area contributed by atoms with Crippen molar-refractivity contribution >= 4 is 17.9 Å². The second kappa shape index (κ2) is 11.7. The summed E-state index contributed by atoms with van der Waals surface area (Å²) in [5.41, 5.74) is 0.243. The molecule has 0 radical (unpaired) electrons. The molecule has 2 fully saturated rings. The van der Waals surface area contributed by atoms with Gasteiger partial charge in [-0.25, -0.2) is 9.59 Å². The first kappa shape index (κ1) is 29.9. The second-order valence-electron chi connectivity index (χ2n) is 12.1. The number of alkyl halides is 3. The van der Waals surface area contributed by atoms with Gasteiger partial charge in [0.2, 0.25) is 0 Å². The van der Waals surface area contributed by atoms with Crippen LogP contribution in [0.1, 0.15) is 70.4 Å². The molecule has 0 unspecified atom stereocenters. The summed E-state index contributed by atoms with van der Waals surface area (Å²) in [6.45, 7) is 0.804. The van der Waals surface area contributed by atoms with Crippen molar-refractivity contribution in [1.82, 2.24) is 0 Å². The van der Waals surface area contributed by atoms with E-state index in [2.05, 4.69) is 0 Å². The number of halogens is 3. The van der Waals surface area contributed by atoms with Gasteiger partial charge in [0.25, 0.3) is 0 Å². The van der Waals surface area contributed by atoms with Gasteiger partial charge in [-0.3, -0.25) is 4.79 Å². The molecule has 44 heavy (non-hydrogen) atoms. The highest BCUT2D eigenvalue weighted by Gasteiger charge is 2.72. The third kappa shape index (κ3) is 5.37. The Bertz CT molecular complexity index is 1540. The molecule has 2 saturated carbocycles. The summed E-state index contributed by atoms with van der Waals surface area (Å²) >= 11 is 0. The van der Waals surface area contributed by atoms with Crippen LogP contribution in [-0.4, -0.2) is 36.8 Å². The first-order chi connectivity index (χ1) is 21.1. The molecule has 9 heteroatoms. The molecular formula is C35H33F3O6. The Hall–Kier alpha value is -4.14. The SMILES string of the molecule is CC(=O)Oc1ccc2c(c1)CC[C@@H]1[C@@H]2CC[C@]2(C(F)(F)F)[C@H](COC(=O)c3ccccc3)[C@H](OC(=O)c3ccccc3)C[C@@H]12. The third-order valence-corrected chi connectivity index (χ3v) is 9.88. The predicted molar refractivity (Wildman–Crippen MR) is 154 cm³/mol. The average molecular weight is 607 g/mol. The molecule has 0 aliphatic heterocycles. The van der Waals surface area contributed by atoms with Crippen LogP contribution in [0.25, 0.3) is 0 Å². The number of hydrogen-bond donors (Lipinski definition) is 0. The van der Waals surface area contributed by atoms with Gasteiger partial charge in [0, 0.05) is 12.8 Å². The highest BCUT2D eigenvalue weighted by atomic mass is 19.4. The Balaban J connectivity index is 1.34. The molecule has 3 aliphatic rings. The molecule has 0 heterocycles. The minimum Gasteiger partial charge on any atom is -0.462 e. The standard InChI is InChI=1S/C35H33F3O6/c1-21(39)43-25-13-15-26-24(18-25)12-14-28-27(26)16-17-34(35(36,37)38)29(28)19-31(44-33(41)23-10-6-3-7-11-23)30(34)20-42-32(40)22-8-4-2-5-9-22/h2-11,13,15,18,27-31H,12,14,16-17,19-20H2,1H3/t27-,28-,29+,30-,31-,34-/m1/s1. The van der Waals surface area contributed by atoms with Crippen molar-refractivity contribution in [1.29, 1.82) is 0 Å². The molecule has 0 saturated heterocycles. The average Bonchev–Trinajstić information content (AvgIpc) is 3.34. The number of carbonyl (C=O) groups excluding carboxylic acids is 3. The van der Waals surface area contributed by atoms with Gasteiger partial charge in [0.1, 0.15) is 11.9 Å². The number of fused-ring (bicyclic) bond motifs is 5. The minimum atomic E-state index is -4.63. The molecule has 6 rings (SSSR count). The van der Waals surface area contributed by atoms with Crippen LogP contribution in [0.5, 0.6) is 5.75 Å². The Morgan fingerprint density at radius 2 is 1.55 bits per heavy atom. The fourth-order valence-corrected chi connectivity index (χ4v) is 8.10. The number of ether oxygens (including phenoxy) is 3. The van der Waals surface area contributed by atoms with Gasteiger partial charge in [-0.15, -0.1) is 0 Å². The zero-order valence-electron chi connectivity index (χ0n) is 24.2. The minimum absolute atomic E-state index is 0.0215. The van der Waals surface area contributed by atoms with E-state index >= 15 is 13.2 Å². The Morgan fingerprint density at radius 1 is 0.886 bits per heavy atom. The Kier molecular flexibility index (Phi) is 7.99. The van der Waals surface area contributed by atoms with Gasteiger partial charge in [-0.2, -0.15) is 13.2 Å². The van der Waals surface area contributed by atoms with Crippen molar-refractivity contribution in [3.8, 4) is 5.75 Å². The van der Waals surface area contributed by atoms with Crippen molar-refractivity contribution in [3.05, 3.63) is 101 Å². The van der Waals surface area contributed by atoms with Crippen LogP contribution in [0.15, 0.2) is 78.9 Å². The van der Waals surface area contributed by atoms with Crippen molar-refractivity contribution in [2.75, 3.05) is 6.61 Å². The summed E-state index contributed by atoms with van der Waals surface area (Å²) in [6.07, 6.45) is -4.54. The molecule has 3 aromatic carbocycles. The normalized spacial score (nSPS) is 27.3. The van der Waals surface area contributed by atoms with Crippen molar-refractivity contribution in [2.45, 2.75) is 57.2 Å². The fourth-order valence-electron chi connectivity index (χ4n) is 8.10. The summed E-state index contributed by atoms with van der Waals surface area (Å²) in [5, 5.41) is 0. The maximum atomic E-state index is 15.5. The van der Waals surface area contributed by atoms with Gasteiger partial charge in [-0.05, 0) is 97.4 Å². The van der Waals surface area contributed by atoms with Gasteiger partial charge in [-0.1, -0.05) is 42.5 Å². The smallest absolute Gasteiger partial charge is 0.395 e. The predicted octanol–water partition coefficient (Wildman–Crippen LogP) is 7.32. The number of rotatable bonds is 6. The summed E-state index contributed by atoms with van der Waals surface area (Å²) in [5.74, 6) is -3.97. The molecule has 3 aliphatic carbocycles. The largest absolute Gasteiger partial charge is 0.462 e. The molecule has 0 aromatic heterocycles. The molecule has 0 amide bonds. The maximum Gasteiger partial charge on any atom is 0.395 e. The second-order valence-corrected chi connectivity index (χ2v) is 12.1. The first-order valence-corrected chi connectivity index (χ1v) is 14.9. The number of benzene rings is 3. The molecular weight excluding hydrogens is 573 g/mol. The van der Waals surface area contributed by atoms with Crippen LogP contribution in [-0.2, 0) is 20.7 Å². The van der Waals surface area contributed by atoms with Gasteiger partial charge in [0.05, 0.1) is 23.1 Å². The highest BCUT2D eigenvalue weighted by Crippen LogP contribution is 2.69. The number of esters is 3. The lowest BCUT2D eigenvalue weighted by Gasteiger charge is -2.52. The van der Waals surface area contributed by atoms with Crippen molar-refractivity contribution < 1.29 is 41.8 Å². The Labute approximate surface area is 253 Å². The Morgan fingerprint density at radius 3 is 2.18 bits per heavy atom. The van der Waals surface area contributed by atoms with Crippen molar-refractivity contribution in [3.63, 3.8) is 0 Å². The summed E-state index contributed by atoms with van der Waals surface area (Å²) in [6, 6.07) is 21.7. The van der Waals surface area contributed by atoms with Gasteiger partial charge >= 0.3 is 24.1 Å². The van der Waals surface area contributed by atoms with E-state index in [1.807, 2.05) is 12.1 Å². The van der Waals surface area contributed by atoms with E-state index in [9.17, 15) is 14.4 Å². The van der Waals surface area contributed by atoms with E-state index in [4.69, 9.17) is 14.2 Å². The van der Waals surface area contributed by atoms with Crippen LogP contribution in [0, 0.1) is 23.2 Å². The van der Waals surface area contributed by atoms with E-state index in [0.717, 1.165) is 11.1 Å². The lowest BCUT2D eigenvalue weighted by molar-refractivity contribution is -0.275. The number of hydrogen-bond acceptors (Lipinski definition) is 6. The van der Waals surface area contributed by atoms with Gasteiger partial charge < -0.3 is 14.2 Å². The van der Waals surface area contributed by atoms with Crippen LogP contribution < -0.4 is 4.74 Å². The summed E-state index contributed by atoms with van der Waals surface area (Å²) in [4.78, 5) is 37.5. The third-order valence-electron chi connectivity index (χ3n) is 9.88. The van der Waals surface area contributed by atoms with Crippen LogP contribution >= 0.6 is 0 Å². The van der Waals surface area contributed by atoms with E-state index in [1.165, 1.54) is 6.92 Å². The quantitative estimate of drug-likeness (QED) is 0.216. The number of carbonyl (C=O) groups is 3. The maximum absolute atomic E-state index is 15.5. The zero-order chi connectivity index (χ0) is 31.1. The molecule has 0 N–H and O–H groups in total. The zero-order valence-corrected chi connectivity index (χ0v) is 24.2. The molecule has 6 atom stereocenters. The lowest BCUT2D eigenvalue weighted by atomic mass is 9.53. The highest BCUT2D eigenvalue weighted by molar-refractivity contribution is 5.90. The van der Waals surface area contributed by atoms with E-state index in [1.54, 1.807) is 66.7 Å². The molecule has 6 nitrogen and oxygen atoms in total. The van der Waals surface area contributed by atoms with E-state index < -0.39 is 54.0 Å². The monoisotopic (exact) mass is 606 g/mol. The fraction of sp³-hybridized carbons (Fsp3) is 0.400. The number of aryl methyl sites for hydroxylation is 1. The molecule has 3 aromatic rings. The van der Waals surface area contributed by atoms with Crippen molar-refractivity contribution in [2.24, 2.45) is 23.2 Å². The summed E-state index contributed by atoms with van der Waals surface area (Å²) < 4.78 is 63.3. The van der Waals surface area contributed by atoms with Gasteiger partial charge in [0.15, 0.2) is 0 Å². The lowest BCUT2D eigenvalue weighted by Crippen LogP contribution is -2.54. The molecule has 0 spiro atoms.